The number of carbonyl (C=O) groups excluding carboxylic acids is 2. The lowest BCUT2D eigenvalue weighted by molar-refractivity contribution is -0.137. The van der Waals surface area contributed by atoms with Crippen molar-refractivity contribution in [3.63, 3.8) is 0 Å². The lowest BCUT2D eigenvalue weighted by Gasteiger charge is -2.32. The molecule has 2 amide bonds. The molecule has 1 atom stereocenters. The molecule has 38 heavy (non-hydrogen) atoms. The second-order valence-corrected chi connectivity index (χ2v) is 8.26. The number of ether oxygens (including phenoxy) is 1. The van der Waals surface area contributed by atoms with Gasteiger partial charge in [-0.15, -0.1) is 5.10 Å². The van der Waals surface area contributed by atoms with Gasteiger partial charge in [-0.3, -0.25) is 14.5 Å². The van der Waals surface area contributed by atoms with Gasteiger partial charge in [0.1, 0.15) is 23.9 Å². The summed E-state index contributed by atoms with van der Waals surface area (Å²) < 4.78 is 62.0. The van der Waals surface area contributed by atoms with Crippen LogP contribution in [0.15, 0.2) is 72.8 Å². The zero-order chi connectivity index (χ0) is 27.3. The third-order valence-electron chi connectivity index (χ3n) is 5.74. The highest BCUT2D eigenvalue weighted by atomic mass is 19.4. The van der Waals surface area contributed by atoms with Crippen LogP contribution in [0, 0.1) is 5.82 Å². The van der Waals surface area contributed by atoms with Crippen LogP contribution in [0.5, 0.6) is 0 Å². The fourth-order valence-electron chi connectivity index (χ4n) is 3.97. The van der Waals surface area contributed by atoms with Crippen LogP contribution >= 0.6 is 0 Å². The molecule has 12 heteroatoms. The Morgan fingerprint density at radius 3 is 2.53 bits per heavy atom. The molecule has 0 saturated heterocycles. The summed E-state index contributed by atoms with van der Waals surface area (Å²) in [6.07, 6.45) is -4.72. The first-order valence-corrected chi connectivity index (χ1v) is 11.5. The molecule has 0 aliphatic carbocycles. The monoisotopic (exact) mass is 529 g/mol. The quantitative estimate of drug-likeness (QED) is 0.260. The molecule has 0 aliphatic rings. The van der Waals surface area contributed by atoms with Crippen molar-refractivity contribution in [3.8, 4) is 0 Å². The summed E-state index contributed by atoms with van der Waals surface area (Å²) >= 11 is 0. The molecule has 1 aromatic heterocycles. The predicted molar refractivity (Wildman–Crippen MR) is 130 cm³/mol. The highest BCUT2D eigenvalue weighted by Crippen LogP contribution is 2.35. The third-order valence-corrected chi connectivity index (χ3v) is 5.74. The molecule has 0 spiro atoms. The molecule has 0 saturated carbocycles. The topological polar surface area (TPSA) is 89.4 Å². The van der Waals surface area contributed by atoms with Crippen LogP contribution in [0.2, 0.25) is 0 Å². The van der Waals surface area contributed by atoms with Gasteiger partial charge in [-0.1, -0.05) is 41.6 Å². The maximum absolute atomic E-state index is 15.0. The fraction of sp³-hybridized carbons (Fsp3) is 0.231. The molecule has 198 valence electrons. The van der Waals surface area contributed by atoms with Gasteiger partial charge in [-0.25, -0.2) is 9.07 Å². The van der Waals surface area contributed by atoms with Crippen molar-refractivity contribution in [2.75, 3.05) is 25.2 Å². The SMILES string of the molecule is COCCNC(=O)[C@@H](c1ccccc1F)N(C(=O)Cn1nnc2ccccc21)c1cccc(C(F)(F)F)c1. The van der Waals surface area contributed by atoms with Gasteiger partial charge >= 0.3 is 6.18 Å². The van der Waals surface area contributed by atoms with E-state index >= 15 is 4.39 Å². The first kappa shape index (κ1) is 26.7. The molecular formula is C26H23F4N5O3. The first-order chi connectivity index (χ1) is 18.2. The largest absolute Gasteiger partial charge is 0.416 e. The van der Waals surface area contributed by atoms with E-state index in [2.05, 4.69) is 15.6 Å². The van der Waals surface area contributed by atoms with E-state index in [1.807, 2.05) is 0 Å². The standard InChI is InChI=1S/C26H23F4N5O3/c1-38-14-13-31-25(37)24(19-9-2-3-10-20(19)27)35(18-8-6-7-17(15-18)26(28,29)30)23(36)16-34-22-12-5-4-11-21(22)32-33-34/h2-12,15,24H,13-14,16H2,1H3,(H,31,37)/t24-/m1/s1. The molecule has 8 nitrogen and oxygen atoms in total. The van der Waals surface area contributed by atoms with Crippen LogP contribution in [-0.2, 0) is 27.0 Å². The summed E-state index contributed by atoms with van der Waals surface area (Å²) in [6, 6.07) is 14.4. The second kappa shape index (κ2) is 11.4. The maximum Gasteiger partial charge on any atom is 0.416 e. The lowest BCUT2D eigenvalue weighted by atomic mass is 10.0. The number of carbonyl (C=O) groups is 2. The van der Waals surface area contributed by atoms with E-state index in [0.717, 1.165) is 29.2 Å². The van der Waals surface area contributed by atoms with Crippen molar-refractivity contribution in [3.05, 3.63) is 89.7 Å². The smallest absolute Gasteiger partial charge is 0.383 e. The van der Waals surface area contributed by atoms with Crippen molar-refractivity contribution in [1.82, 2.24) is 20.3 Å². The number of aromatic nitrogens is 3. The number of hydrogen-bond donors (Lipinski definition) is 1. The van der Waals surface area contributed by atoms with Crippen LogP contribution in [0.3, 0.4) is 0 Å². The summed E-state index contributed by atoms with van der Waals surface area (Å²) in [5.41, 5.74) is -0.488. The number of methoxy groups -OCH3 is 1. The van der Waals surface area contributed by atoms with Gasteiger partial charge < -0.3 is 10.1 Å². The Bertz CT molecular complexity index is 1440. The van der Waals surface area contributed by atoms with Crippen LogP contribution in [0.4, 0.5) is 23.2 Å². The molecule has 0 unspecified atom stereocenters. The number of nitrogens with zero attached hydrogens (tertiary/aromatic N) is 4. The van der Waals surface area contributed by atoms with Crippen molar-refractivity contribution < 1.29 is 31.9 Å². The van der Waals surface area contributed by atoms with Crippen LogP contribution in [0.1, 0.15) is 17.2 Å². The van der Waals surface area contributed by atoms with E-state index in [4.69, 9.17) is 4.74 Å². The van der Waals surface area contributed by atoms with Crippen molar-refractivity contribution in [2.45, 2.75) is 18.8 Å². The fourth-order valence-corrected chi connectivity index (χ4v) is 3.97. The normalized spacial score (nSPS) is 12.3. The molecule has 4 rings (SSSR count). The number of hydrogen-bond acceptors (Lipinski definition) is 5. The molecule has 1 N–H and O–H groups in total. The van der Waals surface area contributed by atoms with Gasteiger partial charge in [0.2, 0.25) is 11.8 Å². The number of fused-ring (bicyclic) bond motifs is 1. The predicted octanol–water partition coefficient (Wildman–Crippen LogP) is 4.13. The minimum absolute atomic E-state index is 0.0264. The Labute approximate surface area is 214 Å². The van der Waals surface area contributed by atoms with E-state index < -0.39 is 42.0 Å². The minimum atomic E-state index is -4.72. The van der Waals surface area contributed by atoms with Crippen molar-refractivity contribution in [1.29, 1.82) is 0 Å². The Hall–Kier alpha value is -4.32. The first-order valence-electron chi connectivity index (χ1n) is 11.5. The molecule has 0 radical (unpaired) electrons. The van der Waals surface area contributed by atoms with Crippen LogP contribution in [-0.4, -0.2) is 47.1 Å². The van der Waals surface area contributed by atoms with Gasteiger partial charge in [0.25, 0.3) is 0 Å². The number of para-hydroxylation sites is 1. The summed E-state index contributed by atoms with van der Waals surface area (Å²) in [7, 11) is 1.42. The molecule has 0 bridgehead atoms. The minimum Gasteiger partial charge on any atom is -0.383 e. The highest BCUT2D eigenvalue weighted by molar-refractivity contribution is 6.01. The summed E-state index contributed by atoms with van der Waals surface area (Å²) in [5.74, 6) is -2.42. The van der Waals surface area contributed by atoms with E-state index in [0.29, 0.717) is 11.0 Å². The Morgan fingerprint density at radius 2 is 1.79 bits per heavy atom. The van der Waals surface area contributed by atoms with Gasteiger partial charge in [-0.05, 0) is 36.4 Å². The Morgan fingerprint density at radius 1 is 1.05 bits per heavy atom. The third kappa shape index (κ3) is 5.80. The van der Waals surface area contributed by atoms with E-state index in [-0.39, 0.29) is 24.4 Å². The average molecular weight is 529 g/mol. The average Bonchev–Trinajstić information content (AvgIpc) is 3.30. The van der Waals surface area contributed by atoms with Crippen molar-refractivity contribution >= 4 is 28.5 Å². The molecular weight excluding hydrogens is 506 g/mol. The Balaban J connectivity index is 1.84. The van der Waals surface area contributed by atoms with Crippen LogP contribution < -0.4 is 10.2 Å². The number of alkyl halides is 3. The van der Waals surface area contributed by atoms with Crippen molar-refractivity contribution in [2.24, 2.45) is 0 Å². The number of amides is 2. The van der Waals surface area contributed by atoms with E-state index in [1.165, 1.54) is 36.1 Å². The summed E-state index contributed by atoms with van der Waals surface area (Å²) in [4.78, 5) is 28.1. The summed E-state index contributed by atoms with van der Waals surface area (Å²) in [6.45, 7) is -0.329. The van der Waals surface area contributed by atoms with E-state index in [9.17, 15) is 22.8 Å². The number of rotatable bonds is 9. The van der Waals surface area contributed by atoms with Gasteiger partial charge in [0.05, 0.1) is 17.7 Å². The van der Waals surface area contributed by atoms with Gasteiger partial charge in [-0.2, -0.15) is 13.2 Å². The van der Waals surface area contributed by atoms with E-state index in [1.54, 1.807) is 24.3 Å². The lowest BCUT2D eigenvalue weighted by Crippen LogP contribution is -2.46. The number of halogens is 4. The Kier molecular flexibility index (Phi) is 8.01. The zero-order valence-electron chi connectivity index (χ0n) is 20.2. The van der Waals surface area contributed by atoms with Crippen LogP contribution in [0.25, 0.3) is 11.0 Å². The van der Waals surface area contributed by atoms with Gasteiger partial charge in [0.15, 0.2) is 0 Å². The molecule has 0 aliphatic heterocycles. The molecule has 3 aromatic carbocycles. The highest BCUT2D eigenvalue weighted by Gasteiger charge is 2.37. The molecule has 1 heterocycles. The van der Waals surface area contributed by atoms with Gasteiger partial charge in [0, 0.05) is 24.9 Å². The summed E-state index contributed by atoms with van der Waals surface area (Å²) in [5, 5.41) is 10.5. The molecule has 4 aromatic rings. The zero-order valence-corrected chi connectivity index (χ0v) is 20.2. The maximum atomic E-state index is 15.0. The number of anilines is 1. The number of benzene rings is 3. The number of nitrogens with one attached hydrogen (secondary N) is 1. The second-order valence-electron chi connectivity index (χ2n) is 8.26. The molecule has 0 fully saturated rings.